The molecule has 1 aromatic heterocycles. The van der Waals surface area contributed by atoms with Crippen molar-refractivity contribution >= 4 is 11.0 Å². The van der Waals surface area contributed by atoms with Crippen LogP contribution in [0.1, 0.15) is 32.4 Å². The summed E-state index contributed by atoms with van der Waals surface area (Å²) in [5.41, 5.74) is 4.56. The van der Waals surface area contributed by atoms with Crippen molar-refractivity contribution in [1.29, 1.82) is 0 Å². The first-order valence-electron chi connectivity index (χ1n) is 8.44. The van der Waals surface area contributed by atoms with E-state index in [1.807, 2.05) is 26.0 Å². The van der Waals surface area contributed by atoms with Crippen molar-refractivity contribution in [3.05, 3.63) is 42.0 Å². The summed E-state index contributed by atoms with van der Waals surface area (Å²) in [6.07, 6.45) is 1.00. The molecule has 0 bridgehead atoms. The van der Waals surface area contributed by atoms with Gasteiger partial charge in [-0.25, -0.2) is 4.98 Å². The standard InChI is InChI=1S/C20H22N2O2/c1-12(2)24-19-15-11-13(3)22-17-8-6-5-7-16(17)21-20(22)14(15)9-10-18(19)23-4/h5-10,12-13H,11H2,1-4H3. The Hall–Kier alpha value is -2.49. The van der Waals surface area contributed by atoms with Crippen molar-refractivity contribution in [2.24, 2.45) is 0 Å². The molecule has 0 saturated heterocycles. The topological polar surface area (TPSA) is 36.3 Å². The molecule has 0 amide bonds. The number of fused-ring (bicyclic) bond motifs is 5. The Balaban J connectivity index is 1.99. The van der Waals surface area contributed by atoms with Gasteiger partial charge in [0, 0.05) is 17.2 Å². The molecular formula is C20H22N2O2. The number of nitrogens with zero attached hydrogens (tertiary/aromatic N) is 2. The van der Waals surface area contributed by atoms with Crippen molar-refractivity contribution in [3.8, 4) is 22.9 Å². The van der Waals surface area contributed by atoms with E-state index in [4.69, 9.17) is 14.5 Å². The van der Waals surface area contributed by atoms with Crippen LogP contribution in [0, 0.1) is 0 Å². The predicted molar refractivity (Wildman–Crippen MR) is 95.9 cm³/mol. The monoisotopic (exact) mass is 322 g/mol. The van der Waals surface area contributed by atoms with Gasteiger partial charge in [-0.15, -0.1) is 0 Å². The molecule has 3 aromatic rings. The lowest BCUT2D eigenvalue weighted by Crippen LogP contribution is -2.18. The zero-order valence-electron chi connectivity index (χ0n) is 14.5. The lowest BCUT2D eigenvalue weighted by atomic mass is 9.94. The molecule has 0 radical (unpaired) electrons. The molecule has 1 atom stereocenters. The van der Waals surface area contributed by atoms with Crippen LogP contribution < -0.4 is 9.47 Å². The van der Waals surface area contributed by atoms with Crippen LogP contribution in [-0.4, -0.2) is 22.8 Å². The summed E-state index contributed by atoms with van der Waals surface area (Å²) in [5, 5.41) is 0. The van der Waals surface area contributed by atoms with Gasteiger partial charge >= 0.3 is 0 Å². The second-order valence-corrected chi connectivity index (χ2v) is 6.64. The van der Waals surface area contributed by atoms with Crippen LogP contribution in [0.3, 0.4) is 0 Å². The first kappa shape index (κ1) is 15.1. The molecule has 124 valence electrons. The van der Waals surface area contributed by atoms with Gasteiger partial charge in [0.05, 0.1) is 24.2 Å². The Labute approximate surface area is 142 Å². The number of imidazole rings is 1. The lowest BCUT2D eigenvalue weighted by molar-refractivity contribution is 0.226. The molecule has 4 heteroatoms. The fourth-order valence-corrected chi connectivity index (χ4v) is 3.61. The van der Waals surface area contributed by atoms with E-state index in [-0.39, 0.29) is 6.10 Å². The van der Waals surface area contributed by atoms with Crippen LogP contribution in [0.25, 0.3) is 22.4 Å². The van der Waals surface area contributed by atoms with Crippen molar-refractivity contribution in [2.75, 3.05) is 7.11 Å². The molecule has 24 heavy (non-hydrogen) atoms. The second kappa shape index (κ2) is 5.55. The second-order valence-electron chi connectivity index (χ2n) is 6.64. The molecular weight excluding hydrogens is 300 g/mol. The van der Waals surface area contributed by atoms with Crippen LogP contribution in [0.5, 0.6) is 11.5 Å². The molecule has 0 spiro atoms. The van der Waals surface area contributed by atoms with Crippen LogP contribution >= 0.6 is 0 Å². The predicted octanol–water partition coefficient (Wildman–Crippen LogP) is 4.62. The normalized spacial score (nSPS) is 16.1. The highest BCUT2D eigenvalue weighted by Crippen LogP contribution is 2.45. The molecule has 0 saturated carbocycles. The Morgan fingerprint density at radius 3 is 2.71 bits per heavy atom. The van der Waals surface area contributed by atoms with Gasteiger partial charge in [-0.3, -0.25) is 0 Å². The molecule has 0 N–H and O–H groups in total. The van der Waals surface area contributed by atoms with Crippen LogP contribution in [-0.2, 0) is 6.42 Å². The van der Waals surface area contributed by atoms with E-state index in [1.165, 1.54) is 11.1 Å². The highest BCUT2D eigenvalue weighted by atomic mass is 16.5. The van der Waals surface area contributed by atoms with E-state index in [2.05, 4.69) is 35.8 Å². The molecule has 4 nitrogen and oxygen atoms in total. The minimum Gasteiger partial charge on any atom is -0.493 e. The van der Waals surface area contributed by atoms with Crippen molar-refractivity contribution in [2.45, 2.75) is 39.3 Å². The summed E-state index contributed by atoms with van der Waals surface area (Å²) in [7, 11) is 1.69. The number of rotatable bonds is 3. The van der Waals surface area contributed by atoms with Gasteiger partial charge < -0.3 is 14.0 Å². The highest BCUT2D eigenvalue weighted by Gasteiger charge is 2.29. The SMILES string of the molecule is COc1ccc2c(c1OC(C)C)CC(C)n1c-2nc2ccccc21. The van der Waals surface area contributed by atoms with E-state index < -0.39 is 0 Å². The fraction of sp³-hybridized carbons (Fsp3) is 0.350. The van der Waals surface area contributed by atoms with Crippen molar-refractivity contribution in [1.82, 2.24) is 9.55 Å². The van der Waals surface area contributed by atoms with E-state index >= 15 is 0 Å². The average Bonchev–Trinajstić information content (AvgIpc) is 2.95. The van der Waals surface area contributed by atoms with Crippen molar-refractivity contribution < 1.29 is 9.47 Å². The maximum atomic E-state index is 6.11. The van der Waals surface area contributed by atoms with E-state index in [1.54, 1.807) is 7.11 Å². The van der Waals surface area contributed by atoms with Gasteiger partial charge in [0.1, 0.15) is 5.82 Å². The van der Waals surface area contributed by atoms with Crippen LogP contribution in [0.2, 0.25) is 0 Å². The van der Waals surface area contributed by atoms with Gasteiger partial charge in [0.2, 0.25) is 0 Å². The van der Waals surface area contributed by atoms with Gasteiger partial charge in [0.15, 0.2) is 11.5 Å². The average molecular weight is 322 g/mol. The largest absolute Gasteiger partial charge is 0.493 e. The number of hydrogen-bond acceptors (Lipinski definition) is 3. The Morgan fingerprint density at radius 1 is 1.17 bits per heavy atom. The summed E-state index contributed by atoms with van der Waals surface area (Å²) in [4.78, 5) is 4.89. The van der Waals surface area contributed by atoms with Gasteiger partial charge in [-0.05, 0) is 51.5 Å². The summed E-state index contributed by atoms with van der Waals surface area (Å²) in [5.74, 6) is 2.66. The number of hydrogen-bond donors (Lipinski definition) is 0. The first-order valence-corrected chi connectivity index (χ1v) is 8.44. The maximum Gasteiger partial charge on any atom is 0.165 e. The minimum atomic E-state index is 0.0986. The van der Waals surface area contributed by atoms with Crippen LogP contribution in [0.15, 0.2) is 36.4 Å². The third kappa shape index (κ3) is 2.17. The number of methoxy groups -OCH3 is 1. The lowest BCUT2D eigenvalue weighted by Gasteiger charge is -2.28. The Morgan fingerprint density at radius 2 is 1.96 bits per heavy atom. The summed E-state index contributed by atoms with van der Waals surface area (Å²) in [6.45, 7) is 6.32. The van der Waals surface area contributed by atoms with Crippen molar-refractivity contribution in [3.63, 3.8) is 0 Å². The quantitative estimate of drug-likeness (QED) is 0.706. The Bertz CT molecular complexity index is 911. The number of benzene rings is 2. The van der Waals surface area contributed by atoms with E-state index in [9.17, 15) is 0 Å². The van der Waals surface area contributed by atoms with Gasteiger partial charge in [0.25, 0.3) is 0 Å². The molecule has 0 aliphatic carbocycles. The fourth-order valence-electron chi connectivity index (χ4n) is 3.61. The molecule has 1 aliphatic heterocycles. The number of aromatic nitrogens is 2. The Kier molecular flexibility index (Phi) is 3.48. The molecule has 4 rings (SSSR count). The third-order valence-electron chi connectivity index (χ3n) is 4.57. The summed E-state index contributed by atoms with van der Waals surface area (Å²) >= 11 is 0. The zero-order valence-corrected chi connectivity index (χ0v) is 14.5. The molecule has 0 fully saturated rings. The maximum absolute atomic E-state index is 6.11. The smallest absolute Gasteiger partial charge is 0.165 e. The van der Waals surface area contributed by atoms with Crippen LogP contribution in [0.4, 0.5) is 0 Å². The molecule has 1 aliphatic rings. The summed E-state index contributed by atoms with van der Waals surface area (Å²) < 4.78 is 14.0. The molecule has 2 aromatic carbocycles. The minimum absolute atomic E-state index is 0.0986. The van der Waals surface area contributed by atoms with Gasteiger partial charge in [-0.2, -0.15) is 0 Å². The number of ether oxygens (including phenoxy) is 2. The molecule has 1 unspecified atom stereocenters. The number of para-hydroxylation sites is 2. The first-order chi connectivity index (χ1) is 11.6. The highest BCUT2D eigenvalue weighted by molar-refractivity contribution is 5.83. The molecule has 2 heterocycles. The van der Waals surface area contributed by atoms with Gasteiger partial charge in [-0.1, -0.05) is 12.1 Å². The summed E-state index contributed by atoms with van der Waals surface area (Å²) in [6, 6.07) is 12.7. The third-order valence-corrected chi connectivity index (χ3v) is 4.57. The van der Waals surface area contributed by atoms with E-state index in [0.29, 0.717) is 6.04 Å². The zero-order chi connectivity index (χ0) is 16.8. The van der Waals surface area contributed by atoms with E-state index in [0.717, 1.165) is 34.8 Å².